The van der Waals surface area contributed by atoms with Gasteiger partial charge in [-0.15, -0.1) is 0 Å². The number of hydrogen-bond acceptors (Lipinski definition) is 2. The Balaban J connectivity index is 3.16. The van der Waals surface area contributed by atoms with Crippen LogP contribution in [-0.4, -0.2) is 12.6 Å². The van der Waals surface area contributed by atoms with Crippen molar-refractivity contribution in [2.75, 3.05) is 6.61 Å². The van der Waals surface area contributed by atoms with E-state index >= 15 is 0 Å². The van der Waals surface area contributed by atoms with Gasteiger partial charge in [-0.3, -0.25) is 4.79 Å². The van der Waals surface area contributed by atoms with Crippen LogP contribution in [0.3, 0.4) is 0 Å². The van der Waals surface area contributed by atoms with Crippen LogP contribution in [0.2, 0.25) is 0 Å². The molecule has 0 fully saturated rings. The molecule has 0 atom stereocenters. The molecular formula is C43H84O2. The van der Waals surface area contributed by atoms with Gasteiger partial charge in [-0.25, -0.2) is 0 Å². The third-order valence-electron chi connectivity index (χ3n) is 9.65. The van der Waals surface area contributed by atoms with Crippen molar-refractivity contribution in [3.05, 3.63) is 12.2 Å². The Morgan fingerprint density at radius 2 is 0.622 bits per heavy atom. The third kappa shape index (κ3) is 41.2. The standard InChI is InChI=1S/C43H84O2/c1-3-5-7-9-11-13-15-17-19-21-22-23-24-26-28-30-32-34-36-38-40-42-45-43(44)41-39-37-35-33-31-29-27-25-20-18-16-14-12-10-8-6-4-2/h14,16H,3-13,15,17-42H2,1-2H3. The first-order valence-electron chi connectivity index (χ1n) is 21.1. The summed E-state index contributed by atoms with van der Waals surface area (Å²) in [6, 6.07) is 0. The van der Waals surface area contributed by atoms with Crippen molar-refractivity contribution in [3.8, 4) is 0 Å². The molecule has 0 rings (SSSR count). The van der Waals surface area contributed by atoms with Crippen molar-refractivity contribution in [3.63, 3.8) is 0 Å². The lowest BCUT2D eigenvalue weighted by Gasteiger charge is -2.06. The molecule has 0 heterocycles. The summed E-state index contributed by atoms with van der Waals surface area (Å²) in [5.74, 6) is 0.0261. The first-order chi connectivity index (χ1) is 22.3. The number of rotatable bonds is 39. The maximum absolute atomic E-state index is 12.0. The molecule has 0 saturated carbocycles. The first-order valence-corrected chi connectivity index (χ1v) is 21.1. The number of hydrogen-bond donors (Lipinski definition) is 0. The molecule has 0 aromatic rings. The summed E-state index contributed by atoms with van der Waals surface area (Å²) in [7, 11) is 0. The molecule has 0 bridgehead atoms. The molecule has 2 heteroatoms. The van der Waals surface area contributed by atoms with E-state index in [0.717, 1.165) is 12.8 Å². The summed E-state index contributed by atoms with van der Waals surface area (Å²) < 4.78 is 5.47. The summed E-state index contributed by atoms with van der Waals surface area (Å²) in [6.07, 6.45) is 54.5. The minimum atomic E-state index is 0.0261. The van der Waals surface area contributed by atoms with E-state index in [9.17, 15) is 4.79 Å². The summed E-state index contributed by atoms with van der Waals surface area (Å²) in [6.45, 7) is 5.21. The van der Waals surface area contributed by atoms with Crippen molar-refractivity contribution in [1.82, 2.24) is 0 Å². The van der Waals surface area contributed by atoms with Gasteiger partial charge in [0, 0.05) is 6.42 Å². The summed E-state index contributed by atoms with van der Waals surface area (Å²) in [5, 5.41) is 0. The van der Waals surface area contributed by atoms with Crippen LogP contribution in [0.15, 0.2) is 12.2 Å². The predicted molar refractivity (Wildman–Crippen MR) is 202 cm³/mol. The number of unbranched alkanes of at least 4 members (excludes halogenated alkanes) is 33. The second-order valence-corrected chi connectivity index (χ2v) is 14.3. The van der Waals surface area contributed by atoms with E-state index in [2.05, 4.69) is 26.0 Å². The van der Waals surface area contributed by atoms with Crippen molar-refractivity contribution in [2.24, 2.45) is 0 Å². The minimum absolute atomic E-state index is 0.0261. The summed E-state index contributed by atoms with van der Waals surface area (Å²) in [5.41, 5.74) is 0. The molecule has 2 nitrogen and oxygen atoms in total. The smallest absolute Gasteiger partial charge is 0.305 e. The van der Waals surface area contributed by atoms with Crippen molar-refractivity contribution < 1.29 is 9.53 Å². The predicted octanol–water partition coefficient (Wildman–Crippen LogP) is 15.6. The SMILES string of the molecule is CCCCCCC=CCCCCCCCCCCCC(=O)OCCCCCCCCCCCCCCCCCCCCCCC. The molecule has 45 heavy (non-hydrogen) atoms. The fraction of sp³-hybridized carbons (Fsp3) is 0.930. The topological polar surface area (TPSA) is 26.3 Å². The van der Waals surface area contributed by atoms with E-state index < -0.39 is 0 Å². The molecule has 0 aliphatic heterocycles. The van der Waals surface area contributed by atoms with Crippen LogP contribution in [0.5, 0.6) is 0 Å². The van der Waals surface area contributed by atoms with E-state index in [1.165, 1.54) is 218 Å². The number of allylic oxidation sites excluding steroid dienone is 2. The highest BCUT2D eigenvalue weighted by molar-refractivity contribution is 5.69. The number of esters is 1. The Morgan fingerprint density at radius 1 is 0.356 bits per heavy atom. The highest BCUT2D eigenvalue weighted by atomic mass is 16.5. The van der Waals surface area contributed by atoms with Crippen molar-refractivity contribution >= 4 is 5.97 Å². The maximum atomic E-state index is 12.0. The zero-order chi connectivity index (χ0) is 32.6. The van der Waals surface area contributed by atoms with Gasteiger partial charge in [-0.1, -0.05) is 219 Å². The van der Waals surface area contributed by atoms with Crippen LogP contribution in [0.25, 0.3) is 0 Å². The molecule has 0 radical (unpaired) electrons. The van der Waals surface area contributed by atoms with Gasteiger partial charge < -0.3 is 4.74 Å². The molecule has 0 amide bonds. The zero-order valence-corrected chi connectivity index (χ0v) is 31.3. The van der Waals surface area contributed by atoms with Gasteiger partial charge in [0.2, 0.25) is 0 Å². The van der Waals surface area contributed by atoms with Gasteiger partial charge in [0.25, 0.3) is 0 Å². The van der Waals surface area contributed by atoms with Crippen LogP contribution < -0.4 is 0 Å². The molecule has 0 saturated heterocycles. The number of carbonyl (C=O) groups is 1. The largest absolute Gasteiger partial charge is 0.466 e. The average Bonchev–Trinajstić information content (AvgIpc) is 3.05. The molecule has 0 aromatic carbocycles. The lowest BCUT2D eigenvalue weighted by molar-refractivity contribution is -0.143. The highest BCUT2D eigenvalue weighted by Gasteiger charge is 2.03. The fourth-order valence-electron chi connectivity index (χ4n) is 6.49. The molecule has 0 aliphatic carbocycles. The zero-order valence-electron chi connectivity index (χ0n) is 31.3. The summed E-state index contributed by atoms with van der Waals surface area (Å²) in [4.78, 5) is 12.0. The van der Waals surface area contributed by atoms with E-state index in [4.69, 9.17) is 4.74 Å². The Hall–Kier alpha value is -0.790. The fourth-order valence-corrected chi connectivity index (χ4v) is 6.49. The molecule has 0 N–H and O–H groups in total. The monoisotopic (exact) mass is 633 g/mol. The minimum Gasteiger partial charge on any atom is -0.466 e. The molecule has 0 aromatic heterocycles. The van der Waals surface area contributed by atoms with E-state index in [0.29, 0.717) is 13.0 Å². The van der Waals surface area contributed by atoms with Gasteiger partial charge in [-0.2, -0.15) is 0 Å². The Morgan fingerprint density at radius 3 is 0.978 bits per heavy atom. The number of carbonyl (C=O) groups excluding carboxylic acids is 1. The van der Waals surface area contributed by atoms with Crippen LogP contribution in [0, 0.1) is 0 Å². The second-order valence-electron chi connectivity index (χ2n) is 14.3. The second kappa shape index (κ2) is 41.2. The highest BCUT2D eigenvalue weighted by Crippen LogP contribution is 2.16. The van der Waals surface area contributed by atoms with Gasteiger partial charge in [0.1, 0.15) is 0 Å². The number of ether oxygens (including phenoxy) is 1. The van der Waals surface area contributed by atoms with Crippen LogP contribution in [0.1, 0.15) is 251 Å². The molecular weight excluding hydrogens is 548 g/mol. The van der Waals surface area contributed by atoms with Crippen LogP contribution >= 0.6 is 0 Å². The van der Waals surface area contributed by atoms with Crippen LogP contribution in [-0.2, 0) is 9.53 Å². The van der Waals surface area contributed by atoms with Gasteiger partial charge in [-0.05, 0) is 38.5 Å². The Kier molecular flexibility index (Phi) is 40.5. The van der Waals surface area contributed by atoms with E-state index in [-0.39, 0.29) is 5.97 Å². The summed E-state index contributed by atoms with van der Waals surface area (Å²) >= 11 is 0. The quantitative estimate of drug-likeness (QED) is 0.0383. The normalized spacial score (nSPS) is 11.6. The van der Waals surface area contributed by atoms with Gasteiger partial charge >= 0.3 is 5.97 Å². The molecule has 268 valence electrons. The average molecular weight is 633 g/mol. The maximum Gasteiger partial charge on any atom is 0.305 e. The lowest BCUT2D eigenvalue weighted by atomic mass is 10.0. The Labute approximate surface area is 285 Å². The molecule has 0 aliphatic rings. The van der Waals surface area contributed by atoms with Gasteiger partial charge in [0.15, 0.2) is 0 Å². The third-order valence-corrected chi connectivity index (χ3v) is 9.65. The van der Waals surface area contributed by atoms with Gasteiger partial charge in [0.05, 0.1) is 6.61 Å². The lowest BCUT2D eigenvalue weighted by Crippen LogP contribution is -2.05. The van der Waals surface area contributed by atoms with Crippen molar-refractivity contribution in [2.45, 2.75) is 251 Å². The van der Waals surface area contributed by atoms with E-state index in [1.54, 1.807) is 0 Å². The molecule has 0 unspecified atom stereocenters. The van der Waals surface area contributed by atoms with E-state index in [1.807, 2.05) is 0 Å². The van der Waals surface area contributed by atoms with Crippen molar-refractivity contribution in [1.29, 1.82) is 0 Å². The Bertz CT molecular complexity index is 568. The molecule has 0 spiro atoms. The van der Waals surface area contributed by atoms with Crippen LogP contribution in [0.4, 0.5) is 0 Å². The first kappa shape index (κ1) is 44.2.